The van der Waals surface area contributed by atoms with Crippen LogP contribution >= 0.6 is 0 Å². The number of hydrogen-bond donors (Lipinski definition) is 3. The van der Waals surface area contributed by atoms with Crippen LogP contribution < -0.4 is 11.5 Å². The number of aromatic amines is 1. The summed E-state index contributed by atoms with van der Waals surface area (Å²) >= 11 is 0. The Labute approximate surface area is 97.8 Å². The summed E-state index contributed by atoms with van der Waals surface area (Å²) in [6, 6.07) is 0. The Morgan fingerprint density at radius 3 is 2.94 bits per heavy atom. The quantitative estimate of drug-likeness (QED) is 0.679. The largest absolute Gasteiger partial charge is 0.405 e. The van der Waals surface area contributed by atoms with Gasteiger partial charge in [0.15, 0.2) is 5.65 Å². The van der Waals surface area contributed by atoms with Gasteiger partial charge >= 0.3 is 0 Å². The van der Waals surface area contributed by atoms with Crippen LogP contribution in [0.25, 0.3) is 16.6 Å². The van der Waals surface area contributed by atoms with Gasteiger partial charge in [0.25, 0.3) is 0 Å². The zero-order valence-corrected chi connectivity index (χ0v) is 9.09. The Bertz CT molecular complexity index is 607. The number of nitrogens with one attached hydrogen (secondary N) is 1. The third-order valence-electron chi connectivity index (χ3n) is 2.28. The van der Waals surface area contributed by atoms with Gasteiger partial charge in [0.1, 0.15) is 12.1 Å². The van der Waals surface area contributed by atoms with Crippen LogP contribution in [0.3, 0.4) is 0 Å². The Morgan fingerprint density at radius 1 is 1.41 bits per heavy atom. The van der Waals surface area contributed by atoms with Crippen LogP contribution in [0.2, 0.25) is 0 Å². The first kappa shape index (κ1) is 10.9. The molecule has 0 radical (unpaired) electrons. The summed E-state index contributed by atoms with van der Waals surface area (Å²) in [5.74, 6) is 0.378. The third kappa shape index (κ3) is 1.87. The summed E-state index contributed by atoms with van der Waals surface area (Å²) < 4.78 is 0. The van der Waals surface area contributed by atoms with Gasteiger partial charge in [-0.2, -0.15) is 5.10 Å². The van der Waals surface area contributed by atoms with Crippen molar-refractivity contribution < 1.29 is 0 Å². The maximum atomic E-state index is 5.81. The molecule has 5 N–H and O–H groups in total. The first-order valence-corrected chi connectivity index (χ1v) is 4.94. The van der Waals surface area contributed by atoms with Gasteiger partial charge in [-0.1, -0.05) is 18.7 Å². The molecular formula is C11H12N6. The van der Waals surface area contributed by atoms with Gasteiger partial charge < -0.3 is 11.5 Å². The van der Waals surface area contributed by atoms with Crippen LogP contribution in [0, 0.1) is 0 Å². The summed E-state index contributed by atoms with van der Waals surface area (Å²) in [6.07, 6.45) is 7.98. The van der Waals surface area contributed by atoms with E-state index >= 15 is 0 Å². The highest BCUT2D eigenvalue weighted by atomic mass is 15.2. The van der Waals surface area contributed by atoms with Gasteiger partial charge in [-0.15, -0.1) is 0 Å². The van der Waals surface area contributed by atoms with Crippen LogP contribution in [0.4, 0.5) is 5.82 Å². The lowest BCUT2D eigenvalue weighted by Gasteiger charge is -1.99. The molecule has 2 rings (SSSR count). The molecule has 0 aliphatic heterocycles. The second kappa shape index (κ2) is 4.48. The van der Waals surface area contributed by atoms with Crippen molar-refractivity contribution in [1.29, 1.82) is 0 Å². The highest BCUT2D eigenvalue weighted by molar-refractivity contribution is 5.97. The number of hydrogen-bond acceptors (Lipinski definition) is 5. The minimum absolute atomic E-state index is 0.378. The van der Waals surface area contributed by atoms with E-state index in [9.17, 15) is 0 Å². The topological polar surface area (TPSA) is 106 Å². The number of nitrogens with zero attached hydrogens (tertiary/aromatic N) is 3. The van der Waals surface area contributed by atoms with Crippen molar-refractivity contribution in [2.24, 2.45) is 5.73 Å². The molecule has 0 spiro atoms. The van der Waals surface area contributed by atoms with E-state index in [2.05, 4.69) is 26.7 Å². The number of H-pyrrole nitrogens is 1. The second-order valence-corrected chi connectivity index (χ2v) is 3.27. The molecule has 0 aliphatic rings. The second-order valence-electron chi connectivity index (χ2n) is 3.27. The van der Waals surface area contributed by atoms with Crippen molar-refractivity contribution in [2.75, 3.05) is 5.73 Å². The molecule has 2 heterocycles. The van der Waals surface area contributed by atoms with E-state index in [0.717, 1.165) is 11.3 Å². The molecule has 0 unspecified atom stereocenters. The number of aromatic nitrogens is 4. The van der Waals surface area contributed by atoms with E-state index in [-0.39, 0.29) is 0 Å². The van der Waals surface area contributed by atoms with E-state index in [1.807, 2.05) is 0 Å². The number of nitrogen functional groups attached to an aromatic ring is 1. The molecule has 17 heavy (non-hydrogen) atoms. The summed E-state index contributed by atoms with van der Waals surface area (Å²) in [6.45, 7) is 3.73. The molecule has 0 fully saturated rings. The van der Waals surface area contributed by atoms with Crippen LogP contribution in [0.5, 0.6) is 0 Å². The maximum Gasteiger partial charge on any atom is 0.186 e. The summed E-state index contributed by atoms with van der Waals surface area (Å²) in [7, 11) is 0. The first-order chi connectivity index (χ1) is 8.27. The van der Waals surface area contributed by atoms with Crippen molar-refractivity contribution >= 4 is 22.4 Å². The predicted molar refractivity (Wildman–Crippen MR) is 67.6 cm³/mol. The average Bonchev–Trinajstić information content (AvgIpc) is 2.76. The van der Waals surface area contributed by atoms with Crippen LogP contribution in [0.1, 0.15) is 5.69 Å². The van der Waals surface area contributed by atoms with E-state index in [0.29, 0.717) is 16.9 Å². The number of nitrogens with two attached hydrogens (primary N) is 2. The molecule has 6 heteroatoms. The predicted octanol–water partition coefficient (Wildman–Crippen LogP) is 0.977. The monoisotopic (exact) mass is 228 g/mol. The summed E-state index contributed by atoms with van der Waals surface area (Å²) in [5.41, 5.74) is 13.2. The number of allylic oxidation sites excluding steroid dienone is 4. The molecule has 6 nitrogen and oxygen atoms in total. The Hall–Kier alpha value is -2.63. The van der Waals surface area contributed by atoms with Gasteiger partial charge in [-0.25, -0.2) is 9.97 Å². The molecule has 2 aromatic rings. The highest BCUT2D eigenvalue weighted by Gasteiger charge is 2.11. The minimum Gasteiger partial charge on any atom is -0.405 e. The maximum absolute atomic E-state index is 5.81. The van der Waals surface area contributed by atoms with Crippen LogP contribution in [-0.2, 0) is 0 Å². The summed E-state index contributed by atoms with van der Waals surface area (Å²) in [4.78, 5) is 7.96. The highest BCUT2D eigenvalue weighted by Crippen LogP contribution is 2.25. The van der Waals surface area contributed by atoms with Gasteiger partial charge in [-0.3, -0.25) is 5.10 Å². The Balaban J connectivity index is 2.66. The van der Waals surface area contributed by atoms with Crippen LogP contribution in [-0.4, -0.2) is 20.2 Å². The molecule has 0 saturated carbocycles. The first-order valence-electron chi connectivity index (χ1n) is 4.94. The molecule has 0 aromatic carbocycles. The zero-order valence-electron chi connectivity index (χ0n) is 9.09. The van der Waals surface area contributed by atoms with Gasteiger partial charge in [-0.05, 0) is 17.8 Å². The molecule has 86 valence electrons. The van der Waals surface area contributed by atoms with E-state index in [1.165, 1.54) is 12.5 Å². The molecular weight excluding hydrogens is 216 g/mol. The smallest absolute Gasteiger partial charge is 0.186 e. The van der Waals surface area contributed by atoms with Crippen molar-refractivity contribution in [3.8, 4) is 0 Å². The van der Waals surface area contributed by atoms with Crippen molar-refractivity contribution in [3.05, 3.63) is 43.0 Å². The lowest BCUT2D eigenvalue weighted by Crippen LogP contribution is -1.93. The van der Waals surface area contributed by atoms with E-state index < -0.39 is 0 Å². The zero-order chi connectivity index (χ0) is 12.3. The number of fused-ring (bicyclic) bond motifs is 1. The minimum atomic E-state index is 0.378. The summed E-state index contributed by atoms with van der Waals surface area (Å²) in [5, 5.41) is 7.61. The van der Waals surface area contributed by atoms with Gasteiger partial charge in [0, 0.05) is 0 Å². The fourth-order valence-electron chi connectivity index (χ4n) is 1.50. The normalized spacial score (nSPS) is 12.4. The lowest BCUT2D eigenvalue weighted by atomic mass is 10.1. The number of rotatable bonds is 3. The van der Waals surface area contributed by atoms with Crippen molar-refractivity contribution in [3.63, 3.8) is 0 Å². The third-order valence-corrected chi connectivity index (χ3v) is 2.28. The molecule has 0 saturated heterocycles. The Morgan fingerprint density at radius 2 is 2.24 bits per heavy atom. The fraction of sp³-hybridized carbons (Fsp3) is 0. The molecule has 0 bridgehead atoms. The van der Waals surface area contributed by atoms with Crippen molar-refractivity contribution in [1.82, 2.24) is 20.2 Å². The SMILES string of the molecule is C=C/C(=C\C=C\N)c1[nH]nc2ncnc(N)c12. The van der Waals surface area contributed by atoms with Gasteiger partial charge in [0.05, 0.1) is 11.1 Å². The molecule has 0 amide bonds. The molecule has 2 aromatic heterocycles. The average molecular weight is 228 g/mol. The van der Waals surface area contributed by atoms with Gasteiger partial charge in [0.2, 0.25) is 0 Å². The molecule has 0 atom stereocenters. The number of anilines is 1. The van der Waals surface area contributed by atoms with Crippen molar-refractivity contribution in [2.45, 2.75) is 0 Å². The lowest BCUT2D eigenvalue weighted by molar-refractivity contribution is 1.08. The van der Waals surface area contributed by atoms with Crippen LogP contribution in [0.15, 0.2) is 37.3 Å². The standard InChI is InChI=1S/C11H12N6/c1-2-7(4-3-5-12)9-8-10(13)14-6-15-11(8)17-16-9/h2-6H,1,12H2,(H3,13,14,15,16,17)/b5-3+,7-4+. The Kier molecular flexibility index (Phi) is 2.87. The molecule has 0 aliphatic carbocycles. The van der Waals surface area contributed by atoms with E-state index in [4.69, 9.17) is 11.5 Å². The van der Waals surface area contributed by atoms with E-state index in [1.54, 1.807) is 18.2 Å². The fourth-order valence-corrected chi connectivity index (χ4v) is 1.50.